The molecule has 5 heterocycles. The lowest BCUT2D eigenvalue weighted by Gasteiger charge is -2.29. The molecule has 2 aliphatic rings. The fraction of sp³-hybridized carbons (Fsp3) is 0.579. The largest absolute Gasteiger partial charge is 0.381 e. The summed E-state index contributed by atoms with van der Waals surface area (Å²) in [5.74, 6) is 2.19. The summed E-state index contributed by atoms with van der Waals surface area (Å²) in [7, 11) is 0. The van der Waals surface area contributed by atoms with Crippen LogP contribution in [0.5, 0.6) is 0 Å². The maximum atomic E-state index is 5.62. The molecule has 8 nitrogen and oxygen atoms in total. The molecule has 0 saturated carbocycles. The van der Waals surface area contributed by atoms with Gasteiger partial charge >= 0.3 is 0 Å². The Hall–Kier alpha value is -2.48. The van der Waals surface area contributed by atoms with Gasteiger partial charge in [0.2, 0.25) is 0 Å². The topological polar surface area (TPSA) is 73.4 Å². The smallest absolute Gasteiger partial charge is 0.158 e. The van der Waals surface area contributed by atoms with Crippen molar-refractivity contribution in [3.05, 3.63) is 35.3 Å². The van der Waals surface area contributed by atoms with E-state index in [1.165, 1.54) is 11.3 Å². The van der Waals surface area contributed by atoms with Gasteiger partial charge in [0.15, 0.2) is 5.82 Å². The van der Waals surface area contributed by atoms with Crippen LogP contribution in [-0.4, -0.2) is 49.1 Å². The molecule has 0 radical (unpaired) electrons. The number of anilines is 1. The maximum Gasteiger partial charge on any atom is 0.158 e. The molecule has 0 aromatic carbocycles. The van der Waals surface area contributed by atoms with Crippen LogP contribution in [0.2, 0.25) is 0 Å². The number of fused-ring (bicyclic) bond motifs is 2. The Morgan fingerprint density at radius 2 is 2.15 bits per heavy atom. The van der Waals surface area contributed by atoms with Gasteiger partial charge < -0.3 is 9.64 Å². The average Bonchev–Trinajstić information content (AvgIpc) is 3.39. The normalized spacial score (nSPS) is 20.0. The second-order valence-corrected chi connectivity index (χ2v) is 7.78. The van der Waals surface area contributed by atoms with Crippen LogP contribution < -0.4 is 4.90 Å². The lowest BCUT2D eigenvalue weighted by molar-refractivity contribution is 0.193. The first-order valence-electron chi connectivity index (χ1n) is 9.71. The number of aryl methyl sites for hydroxylation is 1. The average molecular weight is 367 g/mol. The van der Waals surface area contributed by atoms with Crippen molar-refractivity contribution >= 4 is 11.3 Å². The summed E-state index contributed by atoms with van der Waals surface area (Å²) < 4.78 is 9.69. The van der Waals surface area contributed by atoms with Gasteiger partial charge in [-0.1, -0.05) is 0 Å². The van der Waals surface area contributed by atoms with E-state index in [4.69, 9.17) is 14.7 Å². The van der Waals surface area contributed by atoms with E-state index in [9.17, 15) is 0 Å². The number of hydrogen-bond donors (Lipinski definition) is 0. The third kappa shape index (κ3) is 2.62. The fourth-order valence-electron chi connectivity index (χ4n) is 4.30. The minimum atomic E-state index is 0.319. The molecule has 2 aliphatic heterocycles. The van der Waals surface area contributed by atoms with Gasteiger partial charge in [0.05, 0.1) is 30.7 Å². The van der Waals surface area contributed by atoms with Crippen molar-refractivity contribution < 1.29 is 4.74 Å². The molecule has 1 saturated heterocycles. The van der Waals surface area contributed by atoms with Gasteiger partial charge in [-0.3, -0.25) is 4.68 Å². The SMILES string of the molecule is Cc1nc(C2CCOC2)c2c(N3CCc4cnn(C(C)C)c4C3)ncnn12. The Labute approximate surface area is 158 Å². The van der Waals surface area contributed by atoms with E-state index >= 15 is 0 Å². The number of aromatic nitrogens is 6. The Balaban J connectivity index is 1.60. The molecule has 142 valence electrons. The van der Waals surface area contributed by atoms with Gasteiger partial charge in [0.1, 0.15) is 17.7 Å². The van der Waals surface area contributed by atoms with E-state index in [1.54, 1.807) is 6.33 Å². The number of ether oxygens (including phenoxy) is 1. The van der Waals surface area contributed by atoms with Crippen LogP contribution in [0, 0.1) is 6.92 Å². The highest BCUT2D eigenvalue weighted by atomic mass is 16.5. The van der Waals surface area contributed by atoms with Crippen molar-refractivity contribution in [1.29, 1.82) is 0 Å². The number of hydrogen-bond acceptors (Lipinski definition) is 6. The molecule has 0 spiro atoms. The summed E-state index contributed by atoms with van der Waals surface area (Å²) in [5.41, 5.74) is 4.74. The molecule has 3 aromatic heterocycles. The van der Waals surface area contributed by atoms with Crippen LogP contribution in [0.15, 0.2) is 12.5 Å². The van der Waals surface area contributed by atoms with Gasteiger partial charge in [-0.15, -0.1) is 0 Å². The lowest BCUT2D eigenvalue weighted by Crippen LogP contribution is -2.33. The molecule has 27 heavy (non-hydrogen) atoms. The van der Waals surface area contributed by atoms with Gasteiger partial charge in [-0.25, -0.2) is 14.5 Å². The van der Waals surface area contributed by atoms with Crippen LogP contribution in [0.1, 0.15) is 55.0 Å². The minimum Gasteiger partial charge on any atom is -0.381 e. The second kappa shape index (κ2) is 6.30. The molecule has 1 fully saturated rings. The second-order valence-electron chi connectivity index (χ2n) is 7.78. The van der Waals surface area contributed by atoms with Gasteiger partial charge in [-0.2, -0.15) is 10.2 Å². The summed E-state index contributed by atoms with van der Waals surface area (Å²) in [6, 6.07) is 0.350. The van der Waals surface area contributed by atoms with Crippen molar-refractivity contribution in [3.63, 3.8) is 0 Å². The minimum absolute atomic E-state index is 0.319. The van der Waals surface area contributed by atoms with Crippen LogP contribution in [0.25, 0.3) is 5.52 Å². The van der Waals surface area contributed by atoms with E-state index < -0.39 is 0 Å². The molecular weight excluding hydrogens is 342 g/mol. The summed E-state index contributed by atoms with van der Waals surface area (Å²) in [6.45, 7) is 9.61. The summed E-state index contributed by atoms with van der Waals surface area (Å²) in [4.78, 5) is 11.9. The molecule has 3 aromatic rings. The van der Waals surface area contributed by atoms with Gasteiger partial charge in [0.25, 0.3) is 0 Å². The molecule has 1 atom stereocenters. The van der Waals surface area contributed by atoms with E-state index in [0.717, 1.165) is 62.0 Å². The Morgan fingerprint density at radius 1 is 1.26 bits per heavy atom. The van der Waals surface area contributed by atoms with E-state index in [-0.39, 0.29) is 0 Å². The van der Waals surface area contributed by atoms with E-state index in [0.29, 0.717) is 12.0 Å². The molecule has 0 bridgehead atoms. The molecule has 8 heteroatoms. The summed E-state index contributed by atoms with van der Waals surface area (Å²) in [6.07, 6.45) is 5.64. The van der Waals surface area contributed by atoms with Crippen molar-refractivity contribution in [2.45, 2.75) is 52.1 Å². The maximum absolute atomic E-state index is 5.62. The number of nitrogens with zero attached hydrogens (tertiary/aromatic N) is 7. The van der Waals surface area contributed by atoms with Gasteiger partial charge in [0, 0.05) is 25.1 Å². The first-order valence-corrected chi connectivity index (χ1v) is 9.71. The monoisotopic (exact) mass is 367 g/mol. The zero-order valence-corrected chi connectivity index (χ0v) is 16.1. The zero-order chi connectivity index (χ0) is 18.5. The predicted octanol–water partition coefficient (Wildman–Crippen LogP) is 2.28. The zero-order valence-electron chi connectivity index (χ0n) is 16.1. The first kappa shape index (κ1) is 16.7. The highest BCUT2D eigenvalue weighted by molar-refractivity contribution is 5.73. The third-order valence-corrected chi connectivity index (χ3v) is 5.68. The Kier molecular flexibility index (Phi) is 3.89. The van der Waals surface area contributed by atoms with Crippen molar-refractivity contribution in [1.82, 2.24) is 29.4 Å². The molecule has 0 aliphatic carbocycles. The standard InChI is InChI=1S/C19H25N7O/c1-12(2)25-16-9-24(6-4-14(16)8-21-25)19-18-17(15-5-7-27-10-15)23-13(3)26(18)22-11-20-19/h8,11-12,15H,4-7,9-10H2,1-3H3. The lowest BCUT2D eigenvalue weighted by atomic mass is 10.0. The first-order chi connectivity index (χ1) is 13.1. The highest BCUT2D eigenvalue weighted by Gasteiger charge is 2.29. The van der Waals surface area contributed by atoms with Crippen molar-refractivity contribution in [2.75, 3.05) is 24.7 Å². The van der Waals surface area contributed by atoms with Gasteiger partial charge in [-0.05, 0) is 39.2 Å². The van der Waals surface area contributed by atoms with Crippen molar-refractivity contribution in [3.8, 4) is 0 Å². The summed E-state index contributed by atoms with van der Waals surface area (Å²) in [5, 5.41) is 9.06. The van der Waals surface area contributed by atoms with Crippen LogP contribution in [0.4, 0.5) is 5.82 Å². The molecule has 1 unspecified atom stereocenters. The van der Waals surface area contributed by atoms with Crippen molar-refractivity contribution in [2.24, 2.45) is 0 Å². The fourth-order valence-corrected chi connectivity index (χ4v) is 4.30. The molecule has 0 amide bonds. The van der Waals surface area contributed by atoms with E-state index in [1.807, 2.05) is 17.6 Å². The van der Waals surface area contributed by atoms with E-state index in [2.05, 4.69) is 33.6 Å². The van der Waals surface area contributed by atoms with Crippen LogP contribution >= 0.6 is 0 Å². The Bertz CT molecular complexity index is 984. The summed E-state index contributed by atoms with van der Waals surface area (Å²) >= 11 is 0. The highest BCUT2D eigenvalue weighted by Crippen LogP contribution is 2.34. The Morgan fingerprint density at radius 3 is 2.93 bits per heavy atom. The molecular formula is C19H25N7O. The molecule has 5 rings (SSSR count). The quantitative estimate of drug-likeness (QED) is 0.707. The van der Waals surface area contributed by atoms with Crippen LogP contribution in [-0.2, 0) is 17.7 Å². The third-order valence-electron chi connectivity index (χ3n) is 5.68. The number of imidazole rings is 1. The number of rotatable bonds is 3. The van der Waals surface area contributed by atoms with Crippen LogP contribution in [0.3, 0.4) is 0 Å². The molecule has 0 N–H and O–H groups in total. The predicted molar refractivity (Wildman–Crippen MR) is 101 cm³/mol.